The van der Waals surface area contributed by atoms with Gasteiger partial charge in [-0.2, -0.15) is 0 Å². The summed E-state index contributed by atoms with van der Waals surface area (Å²) in [6, 6.07) is 7.69. The van der Waals surface area contributed by atoms with Crippen molar-refractivity contribution in [1.29, 1.82) is 0 Å². The third kappa shape index (κ3) is 6.61. The first-order chi connectivity index (χ1) is 11.5. The highest BCUT2D eigenvalue weighted by atomic mass is 28.2. The highest BCUT2D eigenvalue weighted by Crippen LogP contribution is 2.09. The molecule has 4 nitrogen and oxygen atoms in total. The molecule has 1 aromatic rings. The van der Waals surface area contributed by atoms with Crippen molar-refractivity contribution in [2.24, 2.45) is 11.8 Å². The minimum Gasteiger partial charge on any atom is -0.511 e. The van der Waals surface area contributed by atoms with E-state index in [0.717, 1.165) is 36.1 Å². The van der Waals surface area contributed by atoms with E-state index in [-0.39, 0.29) is 43.3 Å². The summed E-state index contributed by atoms with van der Waals surface area (Å²) in [5.74, 6) is -0.266. The van der Waals surface area contributed by atoms with Gasteiger partial charge in [0.1, 0.15) is 0 Å². The number of hydrogen-bond acceptors (Lipinski definition) is 4. The Kier molecular flexibility index (Phi) is 9.63. The second-order valence-electron chi connectivity index (χ2n) is 5.65. The molecule has 0 fully saturated rings. The van der Waals surface area contributed by atoms with E-state index in [9.17, 15) is 9.59 Å². The lowest BCUT2D eigenvalue weighted by Gasteiger charge is -2.12. The average Bonchev–Trinajstić information content (AvgIpc) is 2.61. The number of rotatable bonds is 10. The predicted molar refractivity (Wildman–Crippen MR) is 97.5 cm³/mol. The van der Waals surface area contributed by atoms with Crippen molar-refractivity contribution in [3.63, 3.8) is 0 Å². The van der Waals surface area contributed by atoms with Gasteiger partial charge < -0.3 is 8.85 Å². The third-order valence-corrected chi connectivity index (χ3v) is 5.81. The fraction of sp³-hybridized carbons (Fsp3) is 0.556. The second-order valence-corrected chi connectivity index (χ2v) is 7.62. The van der Waals surface area contributed by atoms with Crippen LogP contribution in [0.3, 0.4) is 0 Å². The van der Waals surface area contributed by atoms with E-state index in [1.54, 1.807) is 0 Å². The maximum atomic E-state index is 11.9. The van der Waals surface area contributed by atoms with Gasteiger partial charge in [0.2, 0.25) is 0 Å². The molecule has 0 heterocycles. The van der Waals surface area contributed by atoms with E-state index in [1.807, 2.05) is 52.0 Å². The molecule has 0 saturated heterocycles. The van der Waals surface area contributed by atoms with Crippen LogP contribution in [0.1, 0.15) is 53.4 Å². The Bertz CT molecular complexity index is 461. The van der Waals surface area contributed by atoms with Crippen LogP contribution in [0.4, 0.5) is 0 Å². The number of carbonyl (C=O) groups excluding carboxylic acids is 2. The summed E-state index contributed by atoms with van der Waals surface area (Å²) in [5, 5.41) is 1.93. The van der Waals surface area contributed by atoms with Crippen molar-refractivity contribution in [1.82, 2.24) is 0 Å². The summed E-state index contributed by atoms with van der Waals surface area (Å²) < 4.78 is 10.8. The SMILES string of the molecule is CCC(CC)C(=O)O[Si]c1ccc([Si]OC(=O)C(CC)CC)cc1. The maximum Gasteiger partial charge on any atom is 0.355 e. The van der Waals surface area contributed by atoms with Crippen LogP contribution in [0.2, 0.25) is 0 Å². The third-order valence-electron chi connectivity index (χ3n) is 4.06. The van der Waals surface area contributed by atoms with Crippen LogP contribution < -0.4 is 10.4 Å². The topological polar surface area (TPSA) is 52.6 Å². The Morgan fingerprint density at radius 2 is 1.04 bits per heavy atom. The number of carbonyl (C=O) groups is 2. The zero-order chi connectivity index (χ0) is 17.9. The van der Waals surface area contributed by atoms with Gasteiger partial charge in [-0.15, -0.1) is 0 Å². The summed E-state index contributed by atoms with van der Waals surface area (Å²) in [7, 11) is 0.0382. The molecule has 1 aromatic carbocycles. The van der Waals surface area contributed by atoms with Crippen LogP contribution >= 0.6 is 0 Å². The first-order valence-corrected chi connectivity index (χ1v) is 10.4. The van der Waals surface area contributed by atoms with Crippen molar-refractivity contribution in [3.8, 4) is 0 Å². The molecule has 0 N–H and O–H groups in total. The molecule has 0 saturated carbocycles. The molecule has 1 rings (SSSR count). The molecule has 0 aliphatic carbocycles. The first kappa shape index (κ1) is 20.6. The molecule has 0 aromatic heterocycles. The van der Waals surface area contributed by atoms with Gasteiger partial charge in [0.15, 0.2) is 0 Å². The van der Waals surface area contributed by atoms with Crippen LogP contribution in [0.5, 0.6) is 0 Å². The normalized spacial score (nSPS) is 10.9. The Hall–Kier alpha value is -1.41. The second kappa shape index (κ2) is 11.2. The molecule has 0 spiro atoms. The van der Waals surface area contributed by atoms with Gasteiger partial charge in [-0.3, -0.25) is 9.59 Å². The molecule has 130 valence electrons. The fourth-order valence-corrected chi connectivity index (χ4v) is 3.61. The summed E-state index contributed by atoms with van der Waals surface area (Å²) in [5.41, 5.74) is 0. The largest absolute Gasteiger partial charge is 0.511 e. The molecular weight excluding hydrogens is 336 g/mol. The number of benzene rings is 1. The first-order valence-electron chi connectivity index (χ1n) is 8.58. The highest BCUT2D eigenvalue weighted by Gasteiger charge is 2.17. The zero-order valence-electron chi connectivity index (χ0n) is 14.9. The van der Waals surface area contributed by atoms with Crippen LogP contribution in [0.15, 0.2) is 24.3 Å². The molecule has 4 radical (unpaired) electrons. The fourth-order valence-electron chi connectivity index (χ4n) is 2.24. The molecule has 24 heavy (non-hydrogen) atoms. The summed E-state index contributed by atoms with van der Waals surface area (Å²) in [4.78, 5) is 23.7. The van der Waals surface area contributed by atoms with Crippen molar-refractivity contribution < 1.29 is 18.4 Å². The Balaban J connectivity index is 2.46. The van der Waals surface area contributed by atoms with Crippen molar-refractivity contribution in [2.45, 2.75) is 53.4 Å². The van der Waals surface area contributed by atoms with Gasteiger partial charge in [-0.1, -0.05) is 52.0 Å². The quantitative estimate of drug-likeness (QED) is 0.599. The lowest BCUT2D eigenvalue weighted by Crippen LogP contribution is -2.28. The Morgan fingerprint density at radius 3 is 1.29 bits per heavy atom. The molecule has 6 heteroatoms. The van der Waals surface area contributed by atoms with Gasteiger partial charge in [-0.05, 0) is 36.1 Å². The lowest BCUT2D eigenvalue weighted by molar-refractivity contribution is -0.139. The van der Waals surface area contributed by atoms with E-state index in [4.69, 9.17) is 8.85 Å². The summed E-state index contributed by atoms with van der Waals surface area (Å²) in [6.45, 7) is 7.99. The van der Waals surface area contributed by atoms with Crippen LogP contribution in [-0.4, -0.2) is 31.5 Å². The van der Waals surface area contributed by atoms with Crippen molar-refractivity contribution >= 4 is 41.8 Å². The van der Waals surface area contributed by atoms with Gasteiger partial charge in [0.05, 0.1) is 11.8 Å². The van der Waals surface area contributed by atoms with Gasteiger partial charge in [-0.25, -0.2) is 0 Å². The molecule has 0 amide bonds. The van der Waals surface area contributed by atoms with Gasteiger partial charge >= 0.3 is 19.5 Å². The number of hydrogen-bond donors (Lipinski definition) is 0. The van der Waals surface area contributed by atoms with Crippen molar-refractivity contribution in [3.05, 3.63) is 24.3 Å². The van der Waals surface area contributed by atoms with E-state index in [1.165, 1.54) is 0 Å². The Labute approximate surface area is 150 Å². The van der Waals surface area contributed by atoms with E-state index in [2.05, 4.69) is 0 Å². The maximum absolute atomic E-state index is 11.9. The lowest BCUT2D eigenvalue weighted by atomic mass is 10.0. The van der Waals surface area contributed by atoms with Gasteiger partial charge in [0, 0.05) is 0 Å². The standard InChI is InChI=1S/C18H26O4Si2/c1-5-13(6-2)17(19)21-23-15-9-11-16(12-10-15)24-22-18(20)14(7-3)8-4/h9-14H,5-8H2,1-4H3. The summed E-state index contributed by atoms with van der Waals surface area (Å²) >= 11 is 0. The van der Waals surface area contributed by atoms with Crippen LogP contribution in [0, 0.1) is 11.8 Å². The minimum absolute atomic E-state index is 0.0113. The highest BCUT2D eigenvalue weighted by molar-refractivity contribution is 6.51. The minimum atomic E-state index is -0.122. The molecule has 0 atom stereocenters. The van der Waals surface area contributed by atoms with E-state index >= 15 is 0 Å². The molecule has 0 bridgehead atoms. The van der Waals surface area contributed by atoms with Crippen molar-refractivity contribution in [2.75, 3.05) is 0 Å². The molecular formula is C18H26O4Si2. The molecule has 0 unspecified atom stereocenters. The van der Waals surface area contributed by atoms with E-state index in [0.29, 0.717) is 0 Å². The smallest absolute Gasteiger partial charge is 0.355 e. The molecule has 0 aliphatic heterocycles. The zero-order valence-corrected chi connectivity index (χ0v) is 16.9. The van der Waals surface area contributed by atoms with E-state index < -0.39 is 0 Å². The summed E-state index contributed by atoms with van der Waals surface area (Å²) in [6.07, 6.45) is 3.23. The molecule has 0 aliphatic rings. The predicted octanol–water partition coefficient (Wildman–Crippen LogP) is 2.13. The van der Waals surface area contributed by atoms with Gasteiger partial charge in [0.25, 0.3) is 11.9 Å². The average molecular weight is 363 g/mol. The van der Waals surface area contributed by atoms with Crippen LogP contribution in [0.25, 0.3) is 0 Å². The monoisotopic (exact) mass is 362 g/mol. The Morgan fingerprint density at radius 1 is 0.750 bits per heavy atom. The van der Waals surface area contributed by atoms with Crippen LogP contribution in [-0.2, 0) is 18.4 Å².